The summed E-state index contributed by atoms with van der Waals surface area (Å²) in [7, 11) is 0. The van der Waals surface area contributed by atoms with Gasteiger partial charge < -0.3 is 16.0 Å². The Bertz CT molecular complexity index is 1060. The average molecular weight is 419 g/mol. The van der Waals surface area contributed by atoms with Gasteiger partial charge in [0.1, 0.15) is 0 Å². The molecule has 0 saturated heterocycles. The largest absolute Gasteiger partial charge is 0.351 e. The Morgan fingerprint density at radius 2 is 1.74 bits per heavy atom. The van der Waals surface area contributed by atoms with E-state index in [0.717, 1.165) is 44.2 Å². The van der Waals surface area contributed by atoms with Gasteiger partial charge in [-0.3, -0.25) is 9.48 Å². The van der Waals surface area contributed by atoms with E-state index in [9.17, 15) is 9.59 Å². The third kappa shape index (κ3) is 3.25. The molecule has 1 aromatic heterocycles. The van der Waals surface area contributed by atoms with Crippen LogP contribution >= 0.6 is 0 Å². The molecule has 31 heavy (non-hydrogen) atoms. The van der Waals surface area contributed by atoms with Crippen LogP contribution in [0.3, 0.4) is 0 Å². The van der Waals surface area contributed by atoms with Gasteiger partial charge in [0.2, 0.25) is 0 Å². The van der Waals surface area contributed by atoms with Gasteiger partial charge in [0.25, 0.3) is 5.91 Å². The molecule has 4 aliphatic rings. The molecule has 0 spiro atoms. The lowest BCUT2D eigenvalue weighted by Gasteiger charge is -2.54. The standard InChI is InChI=1S/C23H26N6O2/c24-13-16-1-3-17(4-2-16)22-5-8-23(9-6-22,10-7-22)27-20(30)18-14-26-29-12-11-28(21(25)31)15-19(18)29/h1-4,14H,5-12,15H2,(H2,25,31)(H,27,30). The van der Waals surface area contributed by atoms with E-state index in [1.54, 1.807) is 15.8 Å². The van der Waals surface area contributed by atoms with E-state index >= 15 is 0 Å². The van der Waals surface area contributed by atoms with E-state index in [4.69, 9.17) is 11.0 Å². The third-order valence-electron chi connectivity index (χ3n) is 7.68. The van der Waals surface area contributed by atoms with Crippen LogP contribution in [-0.2, 0) is 18.5 Å². The fourth-order valence-electron chi connectivity index (χ4n) is 5.64. The number of amides is 3. The lowest BCUT2D eigenvalue weighted by molar-refractivity contribution is 0.0602. The first-order valence-corrected chi connectivity index (χ1v) is 10.9. The molecule has 0 atom stereocenters. The Morgan fingerprint density at radius 3 is 2.35 bits per heavy atom. The van der Waals surface area contributed by atoms with Gasteiger partial charge in [0.15, 0.2) is 0 Å². The van der Waals surface area contributed by atoms with Gasteiger partial charge in [-0.15, -0.1) is 0 Å². The molecule has 3 amide bonds. The number of benzene rings is 1. The predicted octanol–water partition coefficient (Wildman–Crippen LogP) is 2.42. The summed E-state index contributed by atoms with van der Waals surface area (Å²) in [6.07, 6.45) is 7.52. The molecule has 8 nitrogen and oxygen atoms in total. The molecular formula is C23H26N6O2. The highest BCUT2D eigenvalue weighted by molar-refractivity contribution is 5.95. The number of aromatic nitrogens is 2. The molecule has 0 unspecified atom stereocenters. The molecule has 8 heteroatoms. The summed E-state index contributed by atoms with van der Waals surface area (Å²) < 4.78 is 1.80. The molecule has 160 valence electrons. The summed E-state index contributed by atoms with van der Waals surface area (Å²) in [5.41, 5.74) is 8.68. The number of urea groups is 1. The quantitative estimate of drug-likeness (QED) is 0.796. The number of hydrogen-bond acceptors (Lipinski definition) is 4. The first-order valence-electron chi connectivity index (χ1n) is 10.9. The number of nitriles is 1. The molecule has 6 rings (SSSR count). The zero-order valence-corrected chi connectivity index (χ0v) is 17.4. The van der Waals surface area contributed by atoms with Gasteiger partial charge in [-0.25, -0.2) is 4.79 Å². The van der Waals surface area contributed by atoms with Crippen molar-refractivity contribution in [2.75, 3.05) is 6.54 Å². The maximum atomic E-state index is 13.2. The maximum absolute atomic E-state index is 13.2. The van der Waals surface area contributed by atoms with Crippen LogP contribution in [0.4, 0.5) is 4.79 Å². The van der Waals surface area contributed by atoms with Crippen molar-refractivity contribution >= 4 is 11.9 Å². The zero-order valence-electron chi connectivity index (χ0n) is 17.4. The number of nitrogens with one attached hydrogen (secondary N) is 1. The minimum absolute atomic E-state index is 0.111. The van der Waals surface area contributed by atoms with Gasteiger partial charge in [0.05, 0.1) is 42.2 Å². The SMILES string of the molecule is N#Cc1ccc(C23CCC(NC(=O)c4cnn5c4CN(C(N)=O)CC5)(CC2)CC3)cc1. The lowest BCUT2D eigenvalue weighted by Crippen LogP contribution is -2.57. The normalized spacial score (nSPS) is 26.7. The van der Waals surface area contributed by atoms with Crippen molar-refractivity contribution in [3.05, 3.63) is 52.8 Å². The van der Waals surface area contributed by atoms with E-state index in [1.165, 1.54) is 5.56 Å². The average Bonchev–Trinajstić information content (AvgIpc) is 3.23. The van der Waals surface area contributed by atoms with Crippen LogP contribution in [0.15, 0.2) is 30.5 Å². The van der Waals surface area contributed by atoms with E-state index in [2.05, 4.69) is 28.6 Å². The van der Waals surface area contributed by atoms with Crippen molar-refractivity contribution < 1.29 is 9.59 Å². The van der Waals surface area contributed by atoms with E-state index in [-0.39, 0.29) is 16.9 Å². The van der Waals surface area contributed by atoms with Crippen molar-refractivity contribution in [3.63, 3.8) is 0 Å². The fourth-order valence-corrected chi connectivity index (χ4v) is 5.64. The second-order valence-corrected chi connectivity index (χ2v) is 9.19. The van der Waals surface area contributed by atoms with Crippen molar-refractivity contribution in [1.82, 2.24) is 20.0 Å². The van der Waals surface area contributed by atoms with Crippen molar-refractivity contribution in [2.45, 2.75) is 62.6 Å². The maximum Gasteiger partial charge on any atom is 0.315 e. The predicted molar refractivity (Wildman–Crippen MR) is 113 cm³/mol. The second-order valence-electron chi connectivity index (χ2n) is 9.19. The summed E-state index contributed by atoms with van der Waals surface area (Å²) in [5, 5.41) is 16.7. The molecule has 2 aromatic rings. The Balaban J connectivity index is 1.30. The highest BCUT2D eigenvalue weighted by atomic mass is 16.2. The summed E-state index contributed by atoms with van der Waals surface area (Å²) >= 11 is 0. The molecule has 1 aliphatic heterocycles. The Kier molecular flexibility index (Phi) is 4.50. The van der Waals surface area contributed by atoms with Crippen molar-refractivity contribution in [1.29, 1.82) is 5.26 Å². The van der Waals surface area contributed by atoms with Gasteiger partial charge in [0, 0.05) is 12.1 Å². The zero-order chi connectivity index (χ0) is 21.6. The second kappa shape index (κ2) is 7.12. The molecule has 3 fully saturated rings. The van der Waals surface area contributed by atoms with Crippen LogP contribution in [-0.4, -0.2) is 38.7 Å². The monoisotopic (exact) mass is 418 g/mol. The number of carbonyl (C=O) groups excluding carboxylic acids is 2. The van der Waals surface area contributed by atoms with Crippen LogP contribution in [0.1, 0.15) is 65.7 Å². The van der Waals surface area contributed by atoms with E-state index in [1.807, 2.05) is 12.1 Å². The number of fused-ring (bicyclic) bond motifs is 4. The van der Waals surface area contributed by atoms with Crippen LogP contribution in [0.25, 0.3) is 0 Å². The number of nitrogens with zero attached hydrogens (tertiary/aromatic N) is 4. The number of primary amides is 1. The van der Waals surface area contributed by atoms with Crippen LogP contribution in [0.5, 0.6) is 0 Å². The summed E-state index contributed by atoms with van der Waals surface area (Å²) in [4.78, 5) is 26.3. The number of carbonyl (C=O) groups is 2. The molecular weight excluding hydrogens is 392 g/mol. The van der Waals surface area contributed by atoms with Crippen LogP contribution in [0, 0.1) is 11.3 Å². The van der Waals surface area contributed by atoms with Crippen LogP contribution < -0.4 is 11.1 Å². The summed E-state index contributed by atoms with van der Waals surface area (Å²) in [6.45, 7) is 1.36. The minimum atomic E-state index is -0.476. The number of rotatable bonds is 3. The fraction of sp³-hybridized carbons (Fsp3) is 0.478. The first kappa shape index (κ1) is 19.6. The van der Waals surface area contributed by atoms with E-state index in [0.29, 0.717) is 30.8 Å². The highest BCUT2D eigenvalue weighted by Crippen LogP contribution is 2.53. The third-order valence-corrected chi connectivity index (χ3v) is 7.68. The van der Waals surface area contributed by atoms with E-state index < -0.39 is 6.03 Å². The number of nitrogens with two attached hydrogens (primary N) is 1. The lowest BCUT2D eigenvalue weighted by atomic mass is 9.55. The molecule has 1 aromatic carbocycles. The molecule has 2 bridgehead atoms. The Morgan fingerprint density at radius 1 is 1.06 bits per heavy atom. The van der Waals surface area contributed by atoms with Gasteiger partial charge in [-0.2, -0.15) is 10.4 Å². The van der Waals surface area contributed by atoms with Gasteiger partial charge in [-0.05, 0) is 61.6 Å². The molecule has 3 N–H and O–H groups in total. The number of hydrogen-bond donors (Lipinski definition) is 2. The first-order chi connectivity index (χ1) is 14.9. The Labute approximate surface area is 181 Å². The topological polar surface area (TPSA) is 117 Å². The highest BCUT2D eigenvalue weighted by Gasteiger charge is 2.50. The summed E-state index contributed by atoms with van der Waals surface area (Å²) in [5.74, 6) is -0.111. The van der Waals surface area contributed by atoms with Crippen molar-refractivity contribution in [3.8, 4) is 6.07 Å². The van der Waals surface area contributed by atoms with Gasteiger partial charge >= 0.3 is 6.03 Å². The minimum Gasteiger partial charge on any atom is -0.351 e. The van der Waals surface area contributed by atoms with Crippen LogP contribution in [0.2, 0.25) is 0 Å². The van der Waals surface area contributed by atoms with Gasteiger partial charge in [-0.1, -0.05) is 12.1 Å². The smallest absolute Gasteiger partial charge is 0.315 e. The molecule has 3 aliphatic carbocycles. The summed E-state index contributed by atoms with van der Waals surface area (Å²) in [6, 6.07) is 9.71. The Hall–Kier alpha value is -3.34. The molecule has 3 saturated carbocycles. The molecule has 0 radical (unpaired) electrons. The molecule has 2 heterocycles. The van der Waals surface area contributed by atoms with Crippen molar-refractivity contribution in [2.24, 2.45) is 5.73 Å².